The van der Waals surface area contributed by atoms with Crippen LogP contribution in [0.15, 0.2) is 22.7 Å². The molecular formula is C9H11BrO2. The van der Waals surface area contributed by atoms with Crippen LogP contribution in [0.25, 0.3) is 0 Å². The Morgan fingerprint density at radius 2 is 2.25 bits per heavy atom. The van der Waals surface area contributed by atoms with Gasteiger partial charge in [0.25, 0.3) is 0 Å². The first-order valence-electron chi connectivity index (χ1n) is 3.71. The van der Waals surface area contributed by atoms with Crippen molar-refractivity contribution in [1.29, 1.82) is 0 Å². The number of phenolic OH excluding ortho intramolecular Hbond substituents is 1. The molecule has 0 amide bonds. The highest BCUT2D eigenvalue weighted by molar-refractivity contribution is 9.10. The lowest BCUT2D eigenvalue weighted by Crippen LogP contribution is -1.95. The van der Waals surface area contributed by atoms with Crippen molar-refractivity contribution in [3.05, 3.63) is 28.2 Å². The zero-order valence-corrected chi connectivity index (χ0v) is 8.47. The summed E-state index contributed by atoms with van der Waals surface area (Å²) in [5, 5.41) is 9.43. The van der Waals surface area contributed by atoms with Gasteiger partial charge in [-0.25, -0.2) is 0 Å². The van der Waals surface area contributed by atoms with Gasteiger partial charge in [0.1, 0.15) is 5.75 Å². The predicted octanol–water partition coefficient (Wildman–Crippen LogP) is 2.34. The second-order valence-electron chi connectivity index (χ2n) is 2.48. The second-order valence-corrected chi connectivity index (χ2v) is 3.33. The third kappa shape index (κ3) is 2.22. The number of halogens is 1. The standard InChI is InChI=1S/C9H11BrO2/c1-12-6-5-7-8(10)3-2-4-9(7)11/h2-4,11H,5-6H2,1H3. The van der Waals surface area contributed by atoms with Gasteiger partial charge in [-0.15, -0.1) is 0 Å². The van der Waals surface area contributed by atoms with Gasteiger partial charge in [0.05, 0.1) is 6.61 Å². The quantitative estimate of drug-likeness (QED) is 0.865. The number of phenols is 1. The zero-order valence-electron chi connectivity index (χ0n) is 6.88. The minimum atomic E-state index is 0.321. The molecule has 0 spiro atoms. The van der Waals surface area contributed by atoms with Gasteiger partial charge >= 0.3 is 0 Å². The first-order chi connectivity index (χ1) is 5.75. The lowest BCUT2D eigenvalue weighted by Gasteiger charge is -2.05. The number of hydrogen-bond acceptors (Lipinski definition) is 2. The van der Waals surface area contributed by atoms with Crippen LogP contribution in [-0.2, 0) is 11.2 Å². The number of ether oxygens (including phenoxy) is 1. The molecule has 1 rings (SSSR count). The van der Waals surface area contributed by atoms with E-state index in [0.717, 1.165) is 16.5 Å². The monoisotopic (exact) mass is 230 g/mol. The molecule has 0 fully saturated rings. The maximum Gasteiger partial charge on any atom is 0.119 e. The Morgan fingerprint density at radius 3 is 2.83 bits per heavy atom. The van der Waals surface area contributed by atoms with Crippen molar-refractivity contribution in [1.82, 2.24) is 0 Å². The molecule has 0 heterocycles. The van der Waals surface area contributed by atoms with Crippen molar-refractivity contribution >= 4 is 15.9 Å². The normalized spacial score (nSPS) is 10.2. The summed E-state index contributed by atoms with van der Waals surface area (Å²) in [7, 11) is 1.65. The summed E-state index contributed by atoms with van der Waals surface area (Å²) >= 11 is 3.36. The summed E-state index contributed by atoms with van der Waals surface area (Å²) < 4.78 is 5.85. The number of hydrogen-bond donors (Lipinski definition) is 1. The molecule has 0 atom stereocenters. The van der Waals surface area contributed by atoms with Crippen molar-refractivity contribution in [2.24, 2.45) is 0 Å². The molecule has 0 aliphatic carbocycles. The third-order valence-electron chi connectivity index (χ3n) is 1.65. The topological polar surface area (TPSA) is 29.5 Å². The van der Waals surface area contributed by atoms with E-state index in [4.69, 9.17) is 4.74 Å². The molecule has 0 saturated heterocycles. The Kier molecular flexibility index (Phi) is 3.56. The molecule has 0 radical (unpaired) electrons. The fourth-order valence-electron chi connectivity index (χ4n) is 0.999. The number of methoxy groups -OCH3 is 1. The van der Waals surface area contributed by atoms with Crippen LogP contribution in [0.1, 0.15) is 5.56 Å². The Balaban J connectivity index is 2.81. The van der Waals surface area contributed by atoms with E-state index in [-0.39, 0.29) is 0 Å². The fraction of sp³-hybridized carbons (Fsp3) is 0.333. The van der Waals surface area contributed by atoms with Gasteiger partial charge < -0.3 is 9.84 Å². The SMILES string of the molecule is COCCc1c(O)cccc1Br. The zero-order chi connectivity index (χ0) is 8.97. The van der Waals surface area contributed by atoms with Gasteiger partial charge in [-0.1, -0.05) is 22.0 Å². The van der Waals surface area contributed by atoms with Crippen molar-refractivity contribution in [2.75, 3.05) is 13.7 Å². The van der Waals surface area contributed by atoms with Gasteiger partial charge in [0, 0.05) is 23.6 Å². The summed E-state index contributed by atoms with van der Waals surface area (Å²) in [6.45, 7) is 0.621. The van der Waals surface area contributed by atoms with Gasteiger partial charge in [-0.2, -0.15) is 0 Å². The molecule has 12 heavy (non-hydrogen) atoms. The molecular weight excluding hydrogens is 220 g/mol. The minimum Gasteiger partial charge on any atom is -0.508 e. The van der Waals surface area contributed by atoms with Crippen LogP contribution in [0.5, 0.6) is 5.75 Å². The lowest BCUT2D eigenvalue weighted by molar-refractivity contribution is 0.201. The van der Waals surface area contributed by atoms with Crippen molar-refractivity contribution in [2.45, 2.75) is 6.42 Å². The van der Waals surface area contributed by atoms with Gasteiger partial charge in [0.15, 0.2) is 0 Å². The molecule has 0 unspecified atom stereocenters. The van der Waals surface area contributed by atoms with Gasteiger partial charge in [0.2, 0.25) is 0 Å². The Morgan fingerprint density at radius 1 is 1.50 bits per heavy atom. The maximum atomic E-state index is 9.43. The number of benzene rings is 1. The number of rotatable bonds is 3. The highest BCUT2D eigenvalue weighted by Gasteiger charge is 2.03. The average molecular weight is 231 g/mol. The smallest absolute Gasteiger partial charge is 0.119 e. The molecule has 66 valence electrons. The fourth-order valence-corrected chi connectivity index (χ4v) is 1.55. The molecule has 3 heteroatoms. The van der Waals surface area contributed by atoms with Crippen molar-refractivity contribution in [3.63, 3.8) is 0 Å². The molecule has 1 aromatic carbocycles. The van der Waals surface area contributed by atoms with Crippen LogP contribution in [0, 0.1) is 0 Å². The maximum absolute atomic E-state index is 9.43. The summed E-state index contributed by atoms with van der Waals surface area (Å²) in [5.41, 5.74) is 0.902. The summed E-state index contributed by atoms with van der Waals surface area (Å²) in [6.07, 6.45) is 0.726. The van der Waals surface area contributed by atoms with E-state index >= 15 is 0 Å². The Labute approximate surface area is 80.3 Å². The van der Waals surface area contributed by atoms with E-state index < -0.39 is 0 Å². The van der Waals surface area contributed by atoms with Crippen molar-refractivity contribution < 1.29 is 9.84 Å². The van der Waals surface area contributed by atoms with Crippen LogP contribution in [0.2, 0.25) is 0 Å². The van der Waals surface area contributed by atoms with E-state index in [0.29, 0.717) is 12.4 Å². The third-order valence-corrected chi connectivity index (χ3v) is 2.39. The molecule has 0 saturated carbocycles. The number of aromatic hydroxyl groups is 1. The van der Waals surface area contributed by atoms with Crippen LogP contribution >= 0.6 is 15.9 Å². The first-order valence-corrected chi connectivity index (χ1v) is 4.50. The van der Waals surface area contributed by atoms with Gasteiger partial charge in [-0.3, -0.25) is 0 Å². The van der Waals surface area contributed by atoms with Crippen molar-refractivity contribution in [3.8, 4) is 5.75 Å². The molecule has 0 bridgehead atoms. The van der Waals surface area contributed by atoms with E-state index in [2.05, 4.69) is 15.9 Å². The highest BCUT2D eigenvalue weighted by Crippen LogP contribution is 2.25. The average Bonchev–Trinajstić information content (AvgIpc) is 2.04. The summed E-state index contributed by atoms with van der Waals surface area (Å²) in [4.78, 5) is 0. The first kappa shape index (κ1) is 9.55. The van der Waals surface area contributed by atoms with E-state index in [1.807, 2.05) is 6.07 Å². The molecule has 0 aliphatic heterocycles. The Bertz CT molecular complexity index is 240. The molecule has 0 aromatic heterocycles. The largest absolute Gasteiger partial charge is 0.508 e. The molecule has 2 nitrogen and oxygen atoms in total. The summed E-state index contributed by atoms with van der Waals surface area (Å²) in [5.74, 6) is 0.321. The van der Waals surface area contributed by atoms with E-state index in [1.165, 1.54) is 0 Å². The van der Waals surface area contributed by atoms with Crippen LogP contribution in [0.4, 0.5) is 0 Å². The predicted molar refractivity (Wildman–Crippen MR) is 51.4 cm³/mol. The van der Waals surface area contributed by atoms with E-state index in [9.17, 15) is 5.11 Å². The molecule has 0 aliphatic rings. The van der Waals surface area contributed by atoms with Crippen LogP contribution in [-0.4, -0.2) is 18.8 Å². The minimum absolute atomic E-state index is 0.321. The van der Waals surface area contributed by atoms with Crippen LogP contribution < -0.4 is 0 Å². The Hall–Kier alpha value is -0.540. The van der Waals surface area contributed by atoms with E-state index in [1.54, 1.807) is 19.2 Å². The highest BCUT2D eigenvalue weighted by atomic mass is 79.9. The second kappa shape index (κ2) is 4.48. The lowest BCUT2D eigenvalue weighted by atomic mass is 10.1. The van der Waals surface area contributed by atoms with Gasteiger partial charge in [-0.05, 0) is 12.1 Å². The van der Waals surface area contributed by atoms with Crippen LogP contribution in [0.3, 0.4) is 0 Å². The molecule has 1 N–H and O–H groups in total. The summed E-state index contributed by atoms with van der Waals surface area (Å²) in [6, 6.07) is 5.39. The molecule has 1 aromatic rings.